The van der Waals surface area contributed by atoms with Crippen molar-refractivity contribution >= 4 is 6.09 Å². The molecule has 2 aromatic carbocycles. The summed E-state index contributed by atoms with van der Waals surface area (Å²) in [6.45, 7) is 4.71. The summed E-state index contributed by atoms with van der Waals surface area (Å²) in [6.07, 6.45) is 0.113. The number of amides is 1. The van der Waals surface area contributed by atoms with Crippen molar-refractivity contribution in [3.05, 3.63) is 83.2 Å². The first-order valence-electron chi connectivity index (χ1n) is 9.19. The first-order valence-corrected chi connectivity index (χ1v) is 9.19. The molecule has 1 aromatic heterocycles. The lowest BCUT2D eigenvalue weighted by Gasteiger charge is -2.05. The van der Waals surface area contributed by atoms with Crippen LogP contribution in [0.4, 0.5) is 4.79 Å². The summed E-state index contributed by atoms with van der Waals surface area (Å²) in [4.78, 5) is 11.7. The van der Waals surface area contributed by atoms with Gasteiger partial charge in [0.05, 0.1) is 11.4 Å². The standard InChI is InChI=1S/C23H23N3O2/c1-18-15-19(2)26(25-18)22-13-8-12-20(16-22)9-6-7-14-24-23(27)28-17-21-10-4-3-5-11-21/h3-5,8,10-13,15-16H,7,14,17H2,1-2H3,(H,24,27). The Balaban J connectivity index is 1.46. The normalized spacial score (nSPS) is 10.1. The quantitative estimate of drug-likeness (QED) is 0.540. The van der Waals surface area contributed by atoms with E-state index in [0.29, 0.717) is 13.0 Å². The van der Waals surface area contributed by atoms with Gasteiger partial charge in [-0.15, -0.1) is 0 Å². The maximum Gasteiger partial charge on any atom is 0.407 e. The van der Waals surface area contributed by atoms with E-state index in [1.54, 1.807) is 0 Å². The maximum absolute atomic E-state index is 11.7. The Morgan fingerprint density at radius 1 is 1.11 bits per heavy atom. The Kier molecular flexibility index (Phi) is 6.48. The minimum Gasteiger partial charge on any atom is -0.445 e. The molecule has 0 spiro atoms. The number of carbonyl (C=O) groups is 1. The van der Waals surface area contributed by atoms with Crippen LogP contribution in [0.25, 0.3) is 5.69 Å². The molecule has 0 atom stereocenters. The molecule has 5 nitrogen and oxygen atoms in total. The Morgan fingerprint density at radius 3 is 2.68 bits per heavy atom. The number of hydrogen-bond acceptors (Lipinski definition) is 3. The van der Waals surface area contributed by atoms with E-state index < -0.39 is 6.09 Å². The average molecular weight is 373 g/mol. The van der Waals surface area contributed by atoms with Crippen molar-refractivity contribution in [2.24, 2.45) is 0 Å². The van der Waals surface area contributed by atoms with Gasteiger partial charge in [0, 0.05) is 24.2 Å². The lowest BCUT2D eigenvalue weighted by atomic mass is 10.2. The second-order valence-corrected chi connectivity index (χ2v) is 6.43. The average Bonchev–Trinajstić information content (AvgIpc) is 3.05. The highest BCUT2D eigenvalue weighted by Gasteiger charge is 2.04. The molecular weight excluding hydrogens is 350 g/mol. The number of aryl methyl sites for hydroxylation is 2. The largest absolute Gasteiger partial charge is 0.445 e. The molecule has 28 heavy (non-hydrogen) atoms. The van der Waals surface area contributed by atoms with Crippen LogP contribution >= 0.6 is 0 Å². The van der Waals surface area contributed by atoms with Crippen molar-refractivity contribution in [2.45, 2.75) is 26.9 Å². The molecule has 0 aliphatic rings. The molecule has 1 N–H and O–H groups in total. The molecule has 0 bridgehead atoms. The number of rotatable bonds is 5. The highest BCUT2D eigenvalue weighted by Crippen LogP contribution is 2.13. The van der Waals surface area contributed by atoms with E-state index in [1.165, 1.54) is 0 Å². The van der Waals surface area contributed by atoms with Gasteiger partial charge in [-0.1, -0.05) is 48.2 Å². The first-order chi connectivity index (χ1) is 13.6. The summed E-state index contributed by atoms with van der Waals surface area (Å²) < 4.78 is 7.07. The van der Waals surface area contributed by atoms with Gasteiger partial charge in [0.2, 0.25) is 0 Å². The summed E-state index contributed by atoms with van der Waals surface area (Å²) in [5.41, 5.74) is 4.93. The lowest BCUT2D eigenvalue weighted by Crippen LogP contribution is -2.24. The molecule has 1 heterocycles. The molecule has 0 fully saturated rings. The zero-order valence-corrected chi connectivity index (χ0v) is 16.1. The number of benzene rings is 2. The van der Waals surface area contributed by atoms with E-state index in [2.05, 4.69) is 22.3 Å². The lowest BCUT2D eigenvalue weighted by molar-refractivity contribution is 0.140. The number of alkyl carbamates (subject to hydrolysis) is 1. The van der Waals surface area contributed by atoms with Crippen LogP contribution in [0.15, 0.2) is 60.7 Å². The van der Waals surface area contributed by atoms with E-state index in [9.17, 15) is 4.79 Å². The third kappa shape index (κ3) is 5.49. The van der Waals surface area contributed by atoms with Crippen LogP contribution in [0, 0.1) is 25.7 Å². The monoisotopic (exact) mass is 373 g/mol. The Bertz CT molecular complexity index is 997. The minimum atomic E-state index is -0.433. The fourth-order valence-corrected chi connectivity index (χ4v) is 2.77. The predicted octanol–water partition coefficient (Wildman–Crippen LogP) is 4.16. The van der Waals surface area contributed by atoms with Crippen molar-refractivity contribution in [2.75, 3.05) is 6.54 Å². The van der Waals surface area contributed by atoms with E-state index in [0.717, 1.165) is 28.2 Å². The Hall–Kier alpha value is -3.52. The zero-order chi connectivity index (χ0) is 19.8. The summed E-state index contributed by atoms with van der Waals surface area (Å²) >= 11 is 0. The number of aromatic nitrogens is 2. The van der Waals surface area contributed by atoms with Crippen LogP contribution in [0.5, 0.6) is 0 Å². The van der Waals surface area contributed by atoms with Gasteiger partial charge < -0.3 is 10.1 Å². The third-order valence-electron chi connectivity index (χ3n) is 4.07. The molecule has 0 saturated carbocycles. The zero-order valence-electron chi connectivity index (χ0n) is 16.1. The van der Waals surface area contributed by atoms with Gasteiger partial charge in [-0.05, 0) is 43.7 Å². The highest BCUT2D eigenvalue weighted by atomic mass is 16.5. The van der Waals surface area contributed by atoms with Crippen LogP contribution < -0.4 is 5.32 Å². The van der Waals surface area contributed by atoms with Gasteiger partial charge in [0.15, 0.2) is 0 Å². The van der Waals surface area contributed by atoms with Gasteiger partial charge in [-0.25, -0.2) is 9.48 Å². The smallest absolute Gasteiger partial charge is 0.407 e. The molecule has 0 saturated heterocycles. The molecule has 0 aliphatic carbocycles. The van der Waals surface area contributed by atoms with Crippen molar-refractivity contribution < 1.29 is 9.53 Å². The summed E-state index contributed by atoms with van der Waals surface area (Å²) in [5.74, 6) is 6.21. The van der Waals surface area contributed by atoms with Crippen LogP contribution in [0.2, 0.25) is 0 Å². The van der Waals surface area contributed by atoms with Crippen molar-refractivity contribution in [1.82, 2.24) is 15.1 Å². The Labute approximate surface area is 165 Å². The number of carbonyl (C=O) groups excluding carboxylic acids is 1. The Morgan fingerprint density at radius 2 is 1.93 bits per heavy atom. The molecular formula is C23H23N3O2. The van der Waals surface area contributed by atoms with Gasteiger partial charge in [-0.3, -0.25) is 0 Å². The molecule has 3 aromatic rings. The molecule has 3 rings (SSSR count). The molecule has 142 valence electrons. The first kappa shape index (κ1) is 19.2. The fourth-order valence-electron chi connectivity index (χ4n) is 2.77. The van der Waals surface area contributed by atoms with E-state index in [1.807, 2.05) is 79.2 Å². The second kappa shape index (κ2) is 9.43. The topological polar surface area (TPSA) is 56.2 Å². The summed E-state index contributed by atoms with van der Waals surface area (Å²) in [7, 11) is 0. The van der Waals surface area contributed by atoms with Gasteiger partial charge in [0.25, 0.3) is 0 Å². The third-order valence-corrected chi connectivity index (χ3v) is 4.07. The van der Waals surface area contributed by atoms with Gasteiger partial charge in [0.1, 0.15) is 6.61 Å². The van der Waals surface area contributed by atoms with Crippen molar-refractivity contribution in [1.29, 1.82) is 0 Å². The molecule has 0 unspecified atom stereocenters. The maximum atomic E-state index is 11.7. The minimum absolute atomic E-state index is 0.261. The second-order valence-electron chi connectivity index (χ2n) is 6.43. The van der Waals surface area contributed by atoms with Crippen molar-refractivity contribution in [3.8, 4) is 17.5 Å². The predicted molar refractivity (Wildman–Crippen MR) is 109 cm³/mol. The number of nitrogens with zero attached hydrogens (tertiary/aromatic N) is 2. The molecule has 5 heteroatoms. The van der Waals surface area contributed by atoms with Crippen molar-refractivity contribution in [3.63, 3.8) is 0 Å². The SMILES string of the molecule is Cc1cc(C)n(-c2cccc(C#CCCNC(=O)OCc3ccccc3)c2)n1. The van der Waals surface area contributed by atoms with Gasteiger partial charge in [-0.2, -0.15) is 5.10 Å². The molecule has 1 amide bonds. The number of ether oxygens (including phenoxy) is 1. The summed E-state index contributed by atoms with van der Waals surface area (Å²) in [6, 6.07) is 19.6. The molecule has 0 radical (unpaired) electrons. The summed E-state index contributed by atoms with van der Waals surface area (Å²) in [5, 5.41) is 7.21. The van der Waals surface area contributed by atoms with E-state index in [-0.39, 0.29) is 6.61 Å². The van der Waals surface area contributed by atoms with E-state index in [4.69, 9.17) is 4.74 Å². The number of hydrogen-bond donors (Lipinski definition) is 1. The van der Waals surface area contributed by atoms with Crippen LogP contribution in [0.3, 0.4) is 0 Å². The molecule has 0 aliphatic heterocycles. The van der Waals surface area contributed by atoms with E-state index >= 15 is 0 Å². The van der Waals surface area contributed by atoms with Gasteiger partial charge >= 0.3 is 6.09 Å². The van der Waals surface area contributed by atoms with Crippen LogP contribution in [-0.4, -0.2) is 22.4 Å². The fraction of sp³-hybridized carbons (Fsp3) is 0.217. The van der Waals surface area contributed by atoms with Crippen LogP contribution in [0.1, 0.15) is 28.9 Å². The highest BCUT2D eigenvalue weighted by molar-refractivity contribution is 5.67. The van der Waals surface area contributed by atoms with Crippen LogP contribution in [-0.2, 0) is 11.3 Å². The number of nitrogens with one attached hydrogen (secondary N) is 1.